The second-order valence-electron chi connectivity index (χ2n) is 3.10. The summed E-state index contributed by atoms with van der Waals surface area (Å²) >= 11 is 0.949. The third-order valence-electron chi connectivity index (χ3n) is 1.93. The average Bonchev–Trinajstić information content (AvgIpc) is 2.99. The molecule has 0 aliphatic carbocycles. The monoisotopic (exact) mass is 331 g/mol. The van der Waals surface area contributed by atoms with E-state index in [0.717, 1.165) is 0 Å². The van der Waals surface area contributed by atoms with E-state index in [0.29, 0.717) is 9.44 Å². The van der Waals surface area contributed by atoms with Gasteiger partial charge in [0.15, 0.2) is 0 Å². The molecule has 0 saturated heterocycles. The van der Waals surface area contributed by atoms with Gasteiger partial charge in [0.05, 0.1) is 0 Å². The minimum atomic E-state index is -0.554. The van der Waals surface area contributed by atoms with Crippen LogP contribution in [0.1, 0.15) is 27.1 Å². The van der Waals surface area contributed by atoms with Gasteiger partial charge in [-0.1, -0.05) is 0 Å². The van der Waals surface area contributed by atoms with Crippen molar-refractivity contribution in [3.05, 3.63) is 28.1 Å². The Morgan fingerprint density at radius 1 is 1.56 bits per heavy atom. The van der Waals surface area contributed by atoms with Crippen molar-refractivity contribution < 1.29 is 14.3 Å². The fraction of sp³-hybridized carbons (Fsp3) is 0.200. The molecule has 0 fully saturated rings. The second-order valence-corrected chi connectivity index (χ2v) is 5.63. The summed E-state index contributed by atoms with van der Waals surface area (Å²) in [6.45, 7) is 1.97. The number of nitrogens with one attached hydrogen (secondary N) is 1. The van der Waals surface area contributed by atoms with Crippen molar-refractivity contribution in [1.29, 1.82) is 0 Å². The number of hydrogen-bond acceptors (Lipinski definition) is 6. The molecule has 0 spiro atoms. The second kappa shape index (κ2) is 5.90. The molecule has 0 unspecified atom stereocenters. The van der Waals surface area contributed by atoms with Crippen LogP contribution in [-0.4, -0.2) is 42.4 Å². The number of rotatable bonds is 4. The molecule has 0 aliphatic heterocycles. The maximum absolute atomic E-state index is 11.8. The van der Waals surface area contributed by atoms with E-state index in [4.69, 9.17) is 4.74 Å². The molecule has 2 aromatic rings. The van der Waals surface area contributed by atoms with Crippen LogP contribution in [0, 0.1) is 0 Å². The van der Waals surface area contributed by atoms with Crippen molar-refractivity contribution in [2.45, 2.75) is 6.92 Å². The number of esters is 1. The molecule has 1 N–H and O–H groups in total. The van der Waals surface area contributed by atoms with Crippen molar-refractivity contribution in [3.8, 4) is 0 Å². The molecule has 0 saturated carbocycles. The van der Waals surface area contributed by atoms with Crippen molar-refractivity contribution in [2.75, 3.05) is 11.9 Å². The standard InChI is InChI=1S/C10H9N3O3SSe/c1-2-16-10(15)7-9(18-13-12-7)11-8(14)6-4-3-5-17-6/h3-5H,2H2,1H3,(H,11,14). The molecule has 8 heteroatoms. The zero-order chi connectivity index (χ0) is 13.0. The fourth-order valence-electron chi connectivity index (χ4n) is 1.18. The van der Waals surface area contributed by atoms with Gasteiger partial charge in [0.1, 0.15) is 0 Å². The van der Waals surface area contributed by atoms with Gasteiger partial charge in [-0.15, -0.1) is 0 Å². The first kappa shape index (κ1) is 12.9. The van der Waals surface area contributed by atoms with Crippen LogP contribution in [0.2, 0.25) is 0 Å². The van der Waals surface area contributed by atoms with Gasteiger partial charge in [0.2, 0.25) is 0 Å². The molecule has 2 rings (SSSR count). The van der Waals surface area contributed by atoms with Crippen LogP contribution in [0.3, 0.4) is 0 Å². The molecule has 2 heterocycles. The SMILES string of the molecule is CCOC(=O)c1nn[se]c1NC(=O)c1cccs1. The van der Waals surface area contributed by atoms with Crippen LogP contribution in [0.15, 0.2) is 17.5 Å². The van der Waals surface area contributed by atoms with E-state index in [2.05, 4.69) is 14.5 Å². The quantitative estimate of drug-likeness (QED) is 0.669. The Morgan fingerprint density at radius 3 is 3.06 bits per heavy atom. The summed E-state index contributed by atoms with van der Waals surface area (Å²) in [6.07, 6.45) is 0. The Labute approximate surface area is 113 Å². The number of amides is 1. The third kappa shape index (κ3) is 2.84. The number of hydrogen-bond donors (Lipinski definition) is 1. The molecular formula is C10H9N3O3SSe. The first-order valence-electron chi connectivity index (χ1n) is 5.06. The van der Waals surface area contributed by atoms with E-state index >= 15 is 0 Å². The van der Waals surface area contributed by atoms with Gasteiger partial charge in [0, 0.05) is 0 Å². The van der Waals surface area contributed by atoms with Gasteiger partial charge in [-0.2, -0.15) is 0 Å². The molecule has 0 aliphatic rings. The molecule has 18 heavy (non-hydrogen) atoms. The van der Waals surface area contributed by atoms with E-state index in [9.17, 15) is 9.59 Å². The number of carbonyl (C=O) groups is 2. The van der Waals surface area contributed by atoms with Crippen LogP contribution < -0.4 is 5.32 Å². The summed E-state index contributed by atoms with van der Waals surface area (Å²) < 4.78 is 9.07. The average molecular weight is 330 g/mol. The van der Waals surface area contributed by atoms with E-state index in [1.807, 2.05) is 5.38 Å². The van der Waals surface area contributed by atoms with E-state index < -0.39 is 5.97 Å². The van der Waals surface area contributed by atoms with Crippen LogP contribution in [0.5, 0.6) is 0 Å². The molecule has 94 valence electrons. The Kier molecular flexibility index (Phi) is 4.24. The van der Waals surface area contributed by atoms with Gasteiger partial charge in [0.25, 0.3) is 0 Å². The van der Waals surface area contributed by atoms with Crippen LogP contribution in [0.4, 0.5) is 4.56 Å². The molecule has 0 atom stereocenters. The summed E-state index contributed by atoms with van der Waals surface area (Å²) in [5.41, 5.74) is 0.0988. The minimum absolute atomic E-state index is 0.0988. The van der Waals surface area contributed by atoms with E-state index in [1.54, 1.807) is 19.1 Å². The van der Waals surface area contributed by atoms with Crippen LogP contribution in [-0.2, 0) is 4.74 Å². The zero-order valence-electron chi connectivity index (χ0n) is 9.37. The summed E-state index contributed by atoms with van der Waals surface area (Å²) in [4.78, 5) is 24.0. The third-order valence-corrected chi connectivity index (χ3v) is 4.14. The van der Waals surface area contributed by atoms with Gasteiger partial charge < -0.3 is 0 Å². The molecule has 0 radical (unpaired) electrons. The molecule has 1 amide bonds. The number of carbonyl (C=O) groups excluding carboxylic acids is 2. The van der Waals surface area contributed by atoms with Gasteiger partial charge >= 0.3 is 113 Å². The number of nitrogens with zero attached hydrogens (tertiary/aromatic N) is 2. The Morgan fingerprint density at radius 2 is 2.39 bits per heavy atom. The first-order valence-corrected chi connectivity index (χ1v) is 7.57. The Balaban J connectivity index is 2.13. The summed E-state index contributed by atoms with van der Waals surface area (Å²) in [6, 6.07) is 3.50. The molecule has 0 bridgehead atoms. The normalized spacial score (nSPS) is 10.1. The van der Waals surface area contributed by atoms with Gasteiger partial charge in [-0.05, 0) is 0 Å². The van der Waals surface area contributed by atoms with Crippen molar-refractivity contribution in [3.63, 3.8) is 0 Å². The predicted octanol–water partition coefficient (Wildman–Crippen LogP) is 1.02. The van der Waals surface area contributed by atoms with Crippen molar-refractivity contribution in [2.24, 2.45) is 0 Å². The first-order chi connectivity index (χ1) is 8.72. The summed E-state index contributed by atoms with van der Waals surface area (Å²) in [5, 5.41) is 8.19. The number of anilines is 1. The predicted molar refractivity (Wildman–Crippen MR) is 67.2 cm³/mol. The Hall–Kier alpha value is -1.50. The fourth-order valence-corrected chi connectivity index (χ4v) is 2.96. The topological polar surface area (TPSA) is 81.2 Å². The van der Waals surface area contributed by atoms with Gasteiger partial charge in [-0.25, -0.2) is 0 Å². The van der Waals surface area contributed by atoms with Crippen LogP contribution in [0.25, 0.3) is 0 Å². The summed E-state index contributed by atoms with van der Waals surface area (Å²) in [5.74, 6) is -0.807. The van der Waals surface area contributed by atoms with E-state index in [-0.39, 0.29) is 32.9 Å². The van der Waals surface area contributed by atoms with Crippen molar-refractivity contribution in [1.82, 2.24) is 9.19 Å². The number of ether oxygens (including phenoxy) is 1. The van der Waals surface area contributed by atoms with Gasteiger partial charge in [-0.3, -0.25) is 0 Å². The molecule has 6 nitrogen and oxygen atoms in total. The number of aromatic nitrogens is 2. The molecular weight excluding hydrogens is 321 g/mol. The number of thiophene rings is 1. The maximum atomic E-state index is 11.8. The zero-order valence-corrected chi connectivity index (χ0v) is 11.9. The summed E-state index contributed by atoms with van der Waals surface area (Å²) in [7, 11) is 0. The molecule has 2 aromatic heterocycles. The van der Waals surface area contributed by atoms with Crippen LogP contribution >= 0.6 is 11.3 Å². The van der Waals surface area contributed by atoms with E-state index in [1.165, 1.54) is 11.3 Å². The van der Waals surface area contributed by atoms with Crippen molar-refractivity contribution >= 4 is 42.5 Å². The Bertz CT molecular complexity index is 552. The molecule has 0 aromatic carbocycles.